The van der Waals surface area contributed by atoms with Crippen molar-refractivity contribution in [2.24, 2.45) is 0 Å². The zero-order valence-electron chi connectivity index (χ0n) is 14.6. The summed E-state index contributed by atoms with van der Waals surface area (Å²) in [6, 6.07) is 7.37. The Bertz CT molecular complexity index is 754. The number of aryl methyl sites for hydroxylation is 2. The molecule has 0 saturated carbocycles. The minimum Gasteiger partial charge on any atom is -0.490 e. The number of hydroxylamine groups is 1. The molecule has 9 heteroatoms. The Balaban J connectivity index is 1.92. The van der Waals surface area contributed by atoms with Crippen LogP contribution in [0.15, 0.2) is 24.3 Å². The molecule has 0 aliphatic heterocycles. The topological polar surface area (TPSA) is 146 Å². The Morgan fingerprint density at radius 1 is 1.19 bits per heavy atom. The molecule has 1 aromatic heterocycles. The lowest BCUT2D eigenvalue weighted by atomic mass is 10.1. The zero-order chi connectivity index (χ0) is 18.9. The van der Waals surface area contributed by atoms with Crippen LogP contribution >= 0.6 is 0 Å². The molecule has 9 nitrogen and oxygen atoms in total. The predicted octanol–water partition coefficient (Wildman–Crippen LogP) is 1.10. The molecule has 2 rings (SSSR count). The lowest BCUT2D eigenvalue weighted by Crippen LogP contribution is -2.19. The molecule has 1 aromatic carbocycles. The number of para-hydroxylation sites is 1. The summed E-state index contributed by atoms with van der Waals surface area (Å²) in [5.74, 6) is 0.930. The van der Waals surface area contributed by atoms with Crippen LogP contribution in [0.3, 0.4) is 0 Å². The van der Waals surface area contributed by atoms with Gasteiger partial charge in [-0.3, -0.25) is 10.0 Å². The van der Waals surface area contributed by atoms with Crippen molar-refractivity contribution in [3.05, 3.63) is 35.5 Å². The van der Waals surface area contributed by atoms with Gasteiger partial charge in [-0.25, -0.2) is 10.5 Å². The number of ether oxygens (including phenoxy) is 2. The molecule has 0 atom stereocenters. The third kappa shape index (κ3) is 5.21. The van der Waals surface area contributed by atoms with Crippen LogP contribution in [0.5, 0.6) is 11.5 Å². The number of nitrogen functional groups attached to an aromatic ring is 2. The Morgan fingerprint density at radius 2 is 1.92 bits per heavy atom. The summed E-state index contributed by atoms with van der Waals surface area (Å²) in [7, 11) is 0. The van der Waals surface area contributed by atoms with Gasteiger partial charge in [-0.2, -0.15) is 4.98 Å². The Morgan fingerprint density at radius 3 is 2.65 bits per heavy atom. The second kappa shape index (κ2) is 9.42. The van der Waals surface area contributed by atoms with Gasteiger partial charge in [0.05, 0.1) is 5.69 Å². The monoisotopic (exact) mass is 361 g/mol. The van der Waals surface area contributed by atoms with Gasteiger partial charge in [0.25, 0.3) is 0 Å². The molecule has 0 unspecified atom stereocenters. The third-order valence-corrected chi connectivity index (χ3v) is 3.62. The van der Waals surface area contributed by atoms with Crippen molar-refractivity contribution in [2.75, 3.05) is 24.7 Å². The number of nitrogens with zero attached hydrogens (tertiary/aromatic N) is 2. The van der Waals surface area contributed by atoms with E-state index in [1.165, 1.54) is 0 Å². The Kier molecular flexibility index (Phi) is 6.98. The summed E-state index contributed by atoms with van der Waals surface area (Å²) < 4.78 is 11.4. The van der Waals surface area contributed by atoms with Crippen molar-refractivity contribution >= 4 is 17.7 Å². The maximum absolute atomic E-state index is 11.2. The lowest BCUT2D eigenvalue weighted by molar-refractivity contribution is -0.129. The highest BCUT2D eigenvalue weighted by Crippen LogP contribution is 2.25. The van der Waals surface area contributed by atoms with E-state index in [0.29, 0.717) is 30.0 Å². The highest BCUT2D eigenvalue weighted by molar-refractivity contribution is 5.74. The van der Waals surface area contributed by atoms with Crippen LogP contribution in [0.2, 0.25) is 0 Å². The molecular weight excluding hydrogens is 338 g/mol. The molecule has 1 heterocycles. The van der Waals surface area contributed by atoms with Crippen molar-refractivity contribution < 1.29 is 19.5 Å². The van der Waals surface area contributed by atoms with Crippen LogP contribution in [-0.2, 0) is 17.6 Å². The van der Waals surface area contributed by atoms with E-state index in [1.807, 2.05) is 31.2 Å². The third-order valence-electron chi connectivity index (χ3n) is 3.62. The van der Waals surface area contributed by atoms with Gasteiger partial charge in [0.15, 0.2) is 11.6 Å². The molecule has 6 N–H and O–H groups in total. The van der Waals surface area contributed by atoms with Crippen molar-refractivity contribution in [1.29, 1.82) is 0 Å². The molecule has 1 amide bonds. The van der Waals surface area contributed by atoms with Gasteiger partial charge in [-0.15, -0.1) is 0 Å². The standard InChI is InChI=1S/C17H23N5O4/c1-2-12-15(16(18)21-17(19)20-12)26-10-9-25-13-6-4-3-5-11(13)7-8-14(23)22-24/h3-6,24H,2,7-10H2,1H3,(H,22,23)(H4,18,19,20,21). The first kappa shape index (κ1) is 19.3. The molecule has 0 spiro atoms. The second-order valence-corrected chi connectivity index (χ2v) is 5.44. The molecule has 0 aliphatic carbocycles. The van der Waals surface area contributed by atoms with Gasteiger partial charge in [0.2, 0.25) is 11.9 Å². The van der Waals surface area contributed by atoms with E-state index < -0.39 is 5.91 Å². The normalized spacial score (nSPS) is 10.4. The van der Waals surface area contributed by atoms with Crippen LogP contribution in [0, 0.1) is 0 Å². The van der Waals surface area contributed by atoms with E-state index in [1.54, 1.807) is 5.48 Å². The molecule has 0 bridgehead atoms. The SMILES string of the molecule is CCc1nc(N)nc(N)c1OCCOc1ccccc1CCC(=O)NO. The number of hydrogen-bond acceptors (Lipinski definition) is 8. The van der Waals surface area contributed by atoms with Crippen LogP contribution in [0.4, 0.5) is 11.8 Å². The number of amides is 1. The number of anilines is 2. The molecule has 26 heavy (non-hydrogen) atoms. The summed E-state index contributed by atoms with van der Waals surface area (Å²) in [5, 5.41) is 8.57. The Hall–Kier alpha value is -3.07. The number of carbonyl (C=O) groups excluding carboxylic acids is 1. The number of rotatable bonds is 9. The molecule has 0 aliphatic rings. The van der Waals surface area contributed by atoms with Gasteiger partial charge in [-0.05, 0) is 24.5 Å². The average Bonchev–Trinajstić information content (AvgIpc) is 2.64. The Labute approximate surface area is 151 Å². The van der Waals surface area contributed by atoms with E-state index in [-0.39, 0.29) is 31.4 Å². The van der Waals surface area contributed by atoms with Gasteiger partial charge >= 0.3 is 0 Å². The average molecular weight is 361 g/mol. The number of hydrogen-bond donors (Lipinski definition) is 4. The number of carbonyl (C=O) groups is 1. The fourth-order valence-corrected chi connectivity index (χ4v) is 2.38. The van der Waals surface area contributed by atoms with Gasteiger partial charge in [0.1, 0.15) is 19.0 Å². The van der Waals surface area contributed by atoms with Gasteiger partial charge in [0, 0.05) is 6.42 Å². The molecule has 0 fully saturated rings. The summed E-state index contributed by atoms with van der Waals surface area (Å²) in [6.07, 6.45) is 1.22. The maximum Gasteiger partial charge on any atom is 0.243 e. The van der Waals surface area contributed by atoms with Crippen LogP contribution in [0.25, 0.3) is 0 Å². The molecule has 0 radical (unpaired) electrons. The largest absolute Gasteiger partial charge is 0.490 e. The van der Waals surface area contributed by atoms with Crippen molar-refractivity contribution in [2.45, 2.75) is 26.2 Å². The van der Waals surface area contributed by atoms with Crippen LogP contribution in [-0.4, -0.2) is 34.3 Å². The molecular formula is C17H23N5O4. The van der Waals surface area contributed by atoms with Gasteiger partial charge < -0.3 is 20.9 Å². The smallest absolute Gasteiger partial charge is 0.243 e. The first-order valence-corrected chi connectivity index (χ1v) is 8.23. The number of nitrogens with one attached hydrogen (secondary N) is 1. The van der Waals surface area contributed by atoms with E-state index in [2.05, 4.69) is 9.97 Å². The molecule has 0 saturated heterocycles. The zero-order valence-corrected chi connectivity index (χ0v) is 14.6. The summed E-state index contributed by atoms with van der Waals surface area (Å²) >= 11 is 0. The fraction of sp³-hybridized carbons (Fsp3) is 0.353. The number of aromatic nitrogens is 2. The van der Waals surface area contributed by atoms with Gasteiger partial charge in [-0.1, -0.05) is 25.1 Å². The minimum absolute atomic E-state index is 0.115. The van der Waals surface area contributed by atoms with E-state index in [4.69, 9.17) is 26.1 Å². The molecule has 2 aromatic rings. The highest BCUT2D eigenvalue weighted by atomic mass is 16.5. The van der Waals surface area contributed by atoms with Crippen molar-refractivity contribution in [3.8, 4) is 11.5 Å². The van der Waals surface area contributed by atoms with E-state index in [0.717, 1.165) is 5.56 Å². The first-order valence-electron chi connectivity index (χ1n) is 8.23. The summed E-state index contributed by atoms with van der Waals surface area (Å²) in [5.41, 5.74) is 14.5. The van der Waals surface area contributed by atoms with Crippen LogP contribution < -0.4 is 26.4 Å². The number of nitrogens with two attached hydrogens (primary N) is 2. The lowest BCUT2D eigenvalue weighted by Gasteiger charge is -2.14. The number of benzene rings is 1. The molecule has 140 valence electrons. The highest BCUT2D eigenvalue weighted by Gasteiger charge is 2.12. The van der Waals surface area contributed by atoms with Crippen molar-refractivity contribution in [1.82, 2.24) is 15.4 Å². The van der Waals surface area contributed by atoms with E-state index >= 15 is 0 Å². The maximum atomic E-state index is 11.2. The summed E-state index contributed by atoms with van der Waals surface area (Å²) in [6.45, 7) is 2.44. The van der Waals surface area contributed by atoms with E-state index in [9.17, 15) is 4.79 Å². The minimum atomic E-state index is -0.450. The predicted molar refractivity (Wildman–Crippen MR) is 95.9 cm³/mol. The quantitative estimate of drug-likeness (QED) is 0.295. The van der Waals surface area contributed by atoms with Crippen molar-refractivity contribution in [3.63, 3.8) is 0 Å². The summed E-state index contributed by atoms with van der Waals surface area (Å²) in [4.78, 5) is 19.2. The first-order chi connectivity index (χ1) is 12.5. The second-order valence-electron chi connectivity index (χ2n) is 5.44. The fourth-order valence-electron chi connectivity index (χ4n) is 2.38. The van der Waals surface area contributed by atoms with Crippen LogP contribution in [0.1, 0.15) is 24.6 Å².